The number of aliphatic hydroxyl groups excluding tert-OH is 1. The fourth-order valence-electron chi connectivity index (χ4n) is 1.80. The molecule has 0 saturated carbocycles. The Morgan fingerprint density at radius 2 is 2.06 bits per heavy atom. The molecule has 0 aliphatic rings. The van der Waals surface area contributed by atoms with Crippen LogP contribution in [0.4, 0.5) is 0 Å². The van der Waals surface area contributed by atoms with E-state index in [1.54, 1.807) is 0 Å². The molecule has 2 rings (SSSR count). The molecule has 1 unspecified atom stereocenters. The van der Waals surface area contributed by atoms with Gasteiger partial charge in [0.2, 0.25) is 0 Å². The van der Waals surface area contributed by atoms with Gasteiger partial charge in [-0.3, -0.25) is 0 Å². The average molecular weight is 262 g/mol. The summed E-state index contributed by atoms with van der Waals surface area (Å²) in [5, 5.41) is 12.3. The Morgan fingerprint density at radius 3 is 2.67 bits per heavy atom. The van der Waals surface area contributed by atoms with Crippen LogP contribution in [0.25, 0.3) is 11.3 Å². The lowest BCUT2D eigenvalue weighted by molar-refractivity contribution is 0.186. The highest BCUT2D eigenvalue weighted by molar-refractivity contribution is 7.10. The van der Waals surface area contributed by atoms with E-state index < -0.39 is 6.10 Å². The number of thiazole rings is 1. The van der Waals surface area contributed by atoms with Crippen molar-refractivity contribution in [2.75, 3.05) is 6.54 Å². The van der Waals surface area contributed by atoms with Crippen LogP contribution in [0.15, 0.2) is 29.6 Å². The highest BCUT2D eigenvalue weighted by Gasteiger charge is 2.11. The van der Waals surface area contributed by atoms with E-state index in [4.69, 9.17) is 5.73 Å². The molecule has 0 aliphatic carbocycles. The minimum atomic E-state index is -0.650. The Labute approximate surface area is 111 Å². The molecule has 1 aromatic carbocycles. The van der Waals surface area contributed by atoms with Gasteiger partial charge in [-0.25, -0.2) is 4.98 Å². The summed E-state index contributed by atoms with van der Waals surface area (Å²) in [6, 6.07) is 8.44. The molecule has 96 valence electrons. The maximum absolute atomic E-state index is 9.63. The summed E-state index contributed by atoms with van der Waals surface area (Å²) in [7, 11) is 0. The van der Waals surface area contributed by atoms with Gasteiger partial charge >= 0.3 is 0 Å². The average Bonchev–Trinajstić information content (AvgIpc) is 2.89. The Balaban J connectivity index is 2.18. The number of aliphatic hydroxyl groups is 1. The fourth-order valence-corrected chi connectivity index (χ4v) is 2.63. The van der Waals surface area contributed by atoms with E-state index in [9.17, 15) is 5.11 Å². The van der Waals surface area contributed by atoms with Crippen LogP contribution in [-0.2, 0) is 6.42 Å². The van der Waals surface area contributed by atoms with Gasteiger partial charge in [-0.05, 0) is 12.0 Å². The summed E-state index contributed by atoms with van der Waals surface area (Å²) < 4.78 is 0. The van der Waals surface area contributed by atoms with Gasteiger partial charge < -0.3 is 10.8 Å². The lowest BCUT2D eigenvalue weighted by Gasteiger charge is -2.02. The number of hydrogen-bond acceptors (Lipinski definition) is 4. The van der Waals surface area contributed by atoms with Crippen molar-refractivity contribution in [3.05, 3.63) is 40.2 Å². The number of nitrogens with two attached hydrogens (primary N) is 1. The topological polar surface area (TPSA) is 59.1 Å². The van der Waals surface area contributed by atoms with E-state index in [-0.39, 0.29) is 6.54 Å². The predicted octanol–water partition coefficient (Wildman–Crippen LogP) is 2.75. The molecule has 0 aliphatic heterocycles. The van der Waals surface area contributed by atoms with Gasteiger partial charge in [0, 0.05) is 17.5 Å². The Kier molecular flexibility index (Phi) is 4.47. The van der Waals surface area contributed by atoms with Gasteiger partial charge in [0.25, 0.3) is 0 Å². The summed E-state index contributed by atoms with van der Waals surface area (Å²) in [6.07, 6.45) is 1.61. The normalized spacial score (nSPS) is 12.6. The van der Waals surface area contributed by atoms with Gasteiger partial charge in [0.1, 0.15) is 11.1 Å². The molecule has 1 atom stereocenters. The first-order chi connectivity index (χ1) is 8.74. The quantitative estimate of drug-likeness (QED) is 0.871. The van der Waals surface area contributed by atoms with Gasteiger partial charge in [-0.1, -0.05) is 37.6 Å². The molecule has 3 N–H and O–H groups in total. The molecule has 0 spiro atoms. The van der Waals surface area contributed by atoms with E-state index in [2.05, 4.69) is 36.2 Å². The first kappa shape index (κ1) is 13.2. The summed E-state index contributed by atoms with van der Waals surface area (Å²) >= 11 is 1.45. The molecule has 0 radical (unpaired) electrons. The van der Waals surface area contributed by atoms with E-state index in [1.807, 2.05) is 5.38 Å². The number of rotatable bonds is 5. The molecule has 4 heteroatoms. The van der Waals surface area contributed by atoms with Crippen LogP contribution >= 0.6 is 11.3 Å². The van der Waals surface area contributed by atoms with Crippen LogP contribution in [0, 0.1) is 0 Å². The number of aryl methyl sites for hydroxylation is 1. The van der Waals surface area contributed by atoms with Gasteiger partial charge in [0.05, 0.1) is 5.69 Å². The third-order valence-corrected chi connectivity index (χ3v) is 3.76. The molecule has 1 aromatic heterocycles. The van der Waals surface area contributed by atoms with Gasteiger partial charge in [-0.2, -0.15) is 0 Å². The Hall–Kier alpha value is -1.23. The highest BCUT2D eigenvalue weighted by Crippen LogP contribution is 2.25. The largest absolute Gasteiger partial charge is 0.385 e. The smallest absolute Gasteiger partial charge is 0.123 e. The number of hydrogen-bond donors (Lipinski definition) is 2. The second-order valence-electron chi connectivity index (χ2n) is 4.27. The van der Waals surface area contributed by atoms with Gasteiger partial charge in [-0.15, -0.1) is 11.3 Å². The van der Waals surface area contributed by atoms with Crippen LogP contribution in [0.2, 0.25) is 0 Å². The zero-order chi connectivity index (χ0) is 13.0. The van der Waals surface area contributed by atoms with Crippen molar-refractivity contribution in [2.24, 2.45) is 5.73 Å². The van der Waals surface area contributed by atoms with Crippen LogP contribution in [0.3, 0.4) is 0 Å². The number of aromatic nitrogens is 1. The SMILES string of the molecule is CCCc1ccc(-c2csc(C(O)CN)n2)cc1. The van der Waals surface area contributed by atoms with Crippen LogP contribution in [0.1, 0.15) is 30.0 Å². The minimum absolute atomic E-state index is 0.211. The van der Waals surface area contributed by atoms with Crippen molar-refractivity contribution in [1.82, 2.24) is 4.98 Å². The third-order valence-electron chi connectivity index (χ3n) is 2.82. The zero-order valence-electron chi connectivity index (χ0n) is 10.5. The van der Waals surface area contributed by atoms with Crippen molar-refractivity contribution in [1.29, 1.82) is 0 Å². The van der Waals surface area contributed by atoms with Crippen LogP contribution < -0.4 is 5.73 Å². The molecule has 0 saturated heterocycles. The highest BCUT2D eigenvalue weighted by atomic mass is 32.1. The van der Waals surface area contributed by atoms with Crippen molar-refractivity contribution >= 4 is 11.3 Å². The van der Waals surface area contributed by atoms with Crippen molar-refractivity contribution in [3.8, 4) is 11.3 Å². The van der Waals surface area contributed by atoms with Crippen molar-refractivity contribution in [2.45, 2.75) is 25.9 Å². The molecule has 0 fully saturated rings. The van der Waals surface area contributed by atoms with E-state index >= 15 is 0 Å². The summed E-state index contributed by atoms with van der Waals surface area (Å²) in [4.78, 5) is 4.42. The van der Waals surface area contributed by atoms with Crippen molar-refractivity contribution < 1.29 is 5.11 Å². The number of benzene rings is 1. The van der Waals surface area contributed by atoms with Crippen LogP contribution in [-0.4, -0.2) is 16.6 Å². The predicted molar refractivity (Wildman–Crippen MR) is 75.6 cm³/mol. The summed E-state index contributed by atoms with van der Waals surface area (Å²) in [5.74, 6) is 0. The Morgan fingerprint density at radius 1 is 1.33 bits per heavy atom. The van der Waals surface area contributed by atoms with E-state index in [0.717, 1.165) is 24.1 Å². The summed E-state index contributed by atoms with van der Waals surface area (Å²) in [6.45, 7) is 2.39. The van der Waals surface area contributed by atoms with Crippen molar-refractivity contribution in [3.63, 3.8) is 0 Å². The molecule has 3 nitrogen and oxygen atoms in total. The maximum Gasteiger partial charge on any atom is 0.123 e. The first-order valence-corrected chi connectivity index (χ1v) is 7.05. The lowest BCUT2D eigenvalue weighted by Crippen LogP contribution is -2.11. The molecule has 0 amide bonds. The van der Waals surface area contributed by atoms with Gasteiger partial charge in [0.15, 0.2) is 0 Å². The maximum atomic E-state index is 9.63. The molecule has 18 heavy (non-hydrogen) atoms. The standard InChI is InChI=1S/C14H18N2OS/c1-2-3-10-4-6-11(7-5-10)12-9-18-14(16-12)13(17)8-15/h4-7,9,13,17H,2-3,8,15H2,1H3. The molecular weight excluding hydrogens is 244 g/mol. The first-order valence-electron chi connectivity index (χ1n) is 6.17. The Bertz CT molecular complexity index is 493. The second-order valence-corrected chi connectivity index (χ2v) is 5.16. The molecule has 0 bridgehead atoms. The number of nitrogens with zero attached hydrogens (tertiary/aromatic N) is 1. The zero-order valence-corrected chi connectivity index (χ0v) is 11.3. The fraction of sp³-hybridized carbons (Fsp3) is 0.357. The monoisotopic (exact) mass is 262 g/mol. The second kappa shape index (κ2) is 6.09. The van der Waals surface area contributed by atoms with Crippen LogP contribution in [0.5, 0.6) is 0 Å². The minimum Gasteiger partial charge on any atom is -0.385 e. The third kappa shape index (κ3) is 2.96. The summed E-state index contributed by atoms with van der Waals surface area (Å²) in [5.41, 5.74) is 8.76. The van der Waals surface area contributed by atoms with E-state index in [0.29, 0.717) is 5.01 Å². The van der Waals surface area contributed by atoms with E-state index in [1.165, 1.54) is 16.9 Å². The molecular formula is C14H18N2OS. The molecule has 2 aromatic rings. The lowest BCUT2D eigenvalue weighted by atomic mass is 10.1. The molecule has 1 heterocycles.